The summed E-state index contributed by atoms with van der Waals surface area (Å²) in [5.41, 5.74) is 1.80. The highest BCUT2D eigenvalue weighted by Gasteiger charge is 2.09. The Bertz CT molecular complexity index is 463. The van der Waals surface area contributed by atoms with Crippen LogP contribution in [0.5, 0.6) is 0 Å². The number of hydrogen-bond acceptors (Lipinski definition) is 4. The number of non-ortho nitro benzene ring substituents is 1. The third-order valence-electron chi connectivity index (χ3n) is 2.86. The standard InChI is InChI=1S/C12H18N2O3S/c1-9-4-5-11(14(15)16)8-12(9)13-7-6-10(2)18(3)17/h4-5,8,10,13H,6-7H2,1-3H3. The zero-order valence-electron chi connectivity index (χ0n) is 10.8. The fourth-order valence-electron chi connectivity index (χ4n) is 1.49. The van der Waals surface area contributed by atoms with E-state index in [1.165, 1.54) is 12.1 Å². The molecule has 0 radical (unpaired) electrons. The van der Waals surface area contributed by atoms with E-state index in [1.807, 2.05) is 13.8 Å². The fraction of sp³-hybridized carbons (Fsp3) is 0.500. The molecule has 1 N–H and O–H groups in total. The van der Waals surface area contributed by atoms with Crippen LogP contribution in [-0.4, -0.2) is 27.2 Å². The molecule has 5 nitrogen and oxygen atoms in total. The number of anilines is 1. The first-order chi connectivity index (χ1) is 8.41. The summed E-state index contributed by atoms with van der Waals surface area (Å²) in [6.45, 7) is 4.48. The minimum absolute atomic E-state index is 0.0789. The van der Waals surface area contributed by atoms with Gasteiger partial charge in [0.25, 0.3) is 5.69 Å². The van der Waals surface area contributed by atoms with E-state index in [2.05, 4.69) is 5.32 Å². The largest absolute Gasteiger partial charge is 0.385 e. The zero-order chi connectivity index (χ0) is 13.7. The highest BCUT2D eigenvalue weighted by Crippen LogP contribution is 2.21. The maximum absolute atomic E-state index is 11.2. The number of nitro groups is 1. The summed E-state index contributed by atoms with van der Waals surface area (Å²) in [5.74, 6) is 0. The van der Waals surface area contributed by atoms with Crippen LogP contribution in [0.4, 0.5) is 11.4 Å². The lowest BCUT2D eigenvalue weighted by Gasteiger charge is -2.12. The summed E-state index contributed by atoms with van der Waals surface area (Å²) < 4.78 is 11.2. The Labute approximate surface area is 109 Å². The lowest BCUT2D eigenvalue weighted by atomic mass is 10.1. The van der Waals surface area contributed by atoms with Crippen LogP contribution in [0.1, 0.15) is 18.9 Å². The van der Waals surface area contributed by atoms with Crippen LogP contribution >= 0.6 is 0 Å². The van der Waals surface area contributed by atoms with Gasteiger partial charge in [-0.3, -0.25) is 14.3 Å². The van der Waals surface area contributed by atoms with Gasteiger partial charge in [0.2, 0.25) is 0 Å². The summed E-state index contributed by atoms with van der Waals surface area (Å²) in [5, 5.41) is 14.0. The van der Waals surface area contributed by atoms with Crippen molar-refractivity contribution in [2.75, 3.05) is 18.1 Å². The van der Waals surface area contributed by atoms with Crippen molar-refractivity contribution in [2.24, 2.45) is 0 Å². The zero-order valence-corrected chi connectivity index (χ0v) is 11.6. The number of nitrogens with zero attached hydrogens (tertiary/aromatic N) is 1. The minimum Gasteiger partial charge on any atom is -0.385 e. The van der Waals surface area contributed by atoms with Crippen LogP contribution in [-0.2, 0) is 10.8 Å². The molecule has 0 fully saturated rings. The van der Waals surface area contributed by atoms with Gasteiger partial charge in [-0.2, -0.15) is 0 Å². The van der Waals surface area contributed by atoms with Crippen LogP contribution in [0.3, 0.4) is 0 Å². The van der Waals surface area contributed by atoms with Crippen molar-refractivity contribution < 1.29 is 9.13 Å². The first-order valence-electron chi connectivity index (χ1n) is 5.73. The Morgan fingerprint density at radius 1 is 1.50 bits per heavy atom. The molecule has 0 aromatic heterocycles. The molecule has 2 atom stereocenters. The minimum atomic E-state index is -0.833. The van der Waals surface area contributed by atoms with Gasteiger partial charge in [-0.1, -0.05) is 13.0 Å². The number of rotatable bonds is 6. The van der Waals surface area contributed by atoms with E-state index in [9.17, 15) is 14.3 Å². The Balaban J connectivity index is 2.64. The maximum atomic E-state index is 11.2. The van der Waals surface area contributed by atoms with E-state index in [0.717, 1.165) is 17.7 Å². The maximum Gasteiger partial charge on any atom is 0.271 e. The van der Waals surface area contributed by atoms with Crippen molar-refractivity contribution in [1.29, 1.82) is 0 Å². The van der Waals surface area contributed by atoms with Crippen molar-refractivity contribution in [1.82, 2.24) is 0 Å². The number of nitro benzene ring substituents is 1. The summed E-state index contributed by atoms with van der Waals surface area (Å²) in [4.78, 5) is 10.3. The molecule has 0 aliphatic carbocycles. The van der Waals surface area contributed by atoms with E-state index in [4.69, 9.17) is 0 Å². The second-order valence-corrected chi connectivity index (χ2v) is 6.08. The molecule has 0 spiro atoms. The molecule has 1 aromatic carbocycles. The molecule has 2 unspecified atom stereocenters. The van der Waals surface area contributed by atoms with Gasteiger partial charge in [0.15, 0.2) is 0 Å². The van der Waals surface area contributed by atoms with Gasteiger partial charge in [-0.15, -0.1) is 0 Å². The number of hydrogen-bond donors (Lipinski definition) is 1. The average Bonchev–Trinajstić information content (AvgIpc) is 2.30. The highest BCUT2D eigenvalue weighted by atomic mass is 32.2. The monoisotopic (exact) mass is 270 g/mol. The van der Waals surface area contributed by atoms with Crippen molar-refractivity contribution in [3.05, 3.63) is 33.9 Å². The molecular formula is C12H18N2O3S. The molecule has 18 heavy (non-hydrogen) atoms. The Kier molecular flexibility index (Phi) is 5.27. The van der Waals surface area contributed by atoms with Gasteiger partial charge in [-0.05, 0) is 18.9 Å². The van der Waals surface area contributed by atoms with Gasteiger partial charge < -0.3 is 5.32 Å². The second kappa shape index (κ2) is 6.49. The average molecular weight is 270 g/mol. The third kappa shape index (κ3) is 4.10. The molecule has 6 heteroatoms. The summed E-state index contributed by atoms with van der Waals surface area (Å²) in [6.07, 6.45) is 2.45. The van der Waals surface area contributed by atoms with Crippen LogP contribution in [0.2, 0.25) is 0 Å². The summed E-state index contributed by atoms with van der Waals surface area (Å²) >= 11 is 0. The lowest BCUT2D eigenvalue weighted by Crippen LogP contribution is -2.15. The predicted molar refractivity (Wildman–Crippen MR) is 74.5 cm³/mol. The first-order valence-corrected chi connectivity index (χ1v) is 7.35. The molecule has 0 aliphatic heterocycles. The molecule has 0 bridgehead atoms. The molecule has 0 amide bonds. The van der Waals surface area contributed by atoms with Gasteiger partial charge in [0.1, 0.15) is 0 Å². The van der Waals surface area contributed by atoms with Crippen molar-refractivity contribution in [3.63, 3.8) is 0 Å². The van der Waals surface area contributed by atoms with E-state index in [1.54, 1.807) is 12.3 Å². The highest BCUT2D eigenvalue weighted by molar-refractivity contribution is 7.84. The molecular weight excluding hydrogens is 252 g/mol. The van der Waals surface area contributed by atoms with Crippen molar-refractivity contribution in [3.8, 4) is 0 Å². The van der Waals surface area contributed by atoms with Gasteiger partial charge in [0.05, 0.1) is 4.92 Å². The third-order valence-corrected chi connectivity index (χ3v) is 4.23. The molecule has 100 valence electrons. The smallest absolute Gasteiger partial charge is 0.271 e. The fourth-order valence-corrected chi connectivity index (χ4v) is 1.94. The molecule has 1 rings (SSSR count). The van der Waals surface area contributed by atoms with E-state index in [-0.39, 0.29) is 10.9 Å². The van der Waals surface area contributed by atoms with E-state index < -0.39 is 15.7 Å². The normalized spacial score (nSPS) is 13.9. The first kappa shape index (κ1) is 14.6. The Morgan fingerprint density at radius 3 is 2.72 bits per heavy atom. The second-order valence-electron chi connectivity index (χ2n) is 4.28. The van der Waals surface area contributed by atoms with Gasteiger partial charge in [0, 0.05) is 46.7 Å². The Hall–Kier alpha value is -1.43. The molecule has 1 aromatic rings. The Morgan fingerprint density at radius 2 is 2.17 bits per heavy atom. The van der Waals surface area contributed by atoms with Crippen molar-refractivity contribution in [2.45, 2.75) is 25.5 Å². The number of aryl methyl sites for hydroxylation is 1. The van der Waals surface area contributed by atoms with Crippen LogP contribution in [0, 0.1) is 17.0 Å². The van der Waals surface area contributed by atoms with Crippen LogP contribution in [0.25, 0.3) is 0 Å². The van der Waals surface area contributed by atoms with Crippen LogP contribution < -0.4 is 5.32 Å². The summed E-state index contributed by atoms with van der Waals surface area (Å²) in [6, 6.07) is 4.75. The number of benzene rings is 1. The SMILES string of the molecule is Cc1ccc([N+](=O)[O-])cc1NCCC(C)S(C)=O. The van der Waals surface area contributed by atoms with E-state index in [0.29, 0.717) is 6.54 Å². The number of nitrogens with one attached hydrogen (secondary N) is 1. The van der Waals surface area contributed by atoms with Gasteiger partial charge in [-0.25, -0.2) is 0 Å². The van der Waals surface area contributed by atoms with Gasteiger partial charge >= 0.3 is 0 Å². The van der Waals surface area contributed by atoms with Crippen LogP contribution in [0.15, 0.2) is 18.2 Å². The predicted octanol–water partition coefficient (Wildman–Crippen LogP) is 2.47. The topological polar surface area (TPSA) is 72.2 Å². The quantitative estimate of drug-likeness (QED) is 0.636. The molecule has 0 saturated carbocycles. The molecule has 0 aliphatic rings. The molecule has 0 saturated heterocycles. The van der Waals surface area contributed by atoms with E-state index >= 15 is 0 Å². The molecule has 0 heterocycles. The van der Waals surface area contributed by atoms with Crippen molar-refractivity contribution >= 4 is 22.2 Å². The summed E-state index contributed by atoms with van der Waals surface area (Å²) in [7, 11) is -0.833. The lowest BCUT2D eigenvalue weighted by molar-refractivity contribution is -0.384.